The second-order valence-corrected chi connectivity index (χ2v) is 5.83. The van der Waals surface area contributed by atoms with Crippen molar-refractivity contribution < 1.29 is 4.79 Å². The molecule has 1 aromatic carbocycles. The number of carbonyl (C=O) groups is 1. The minimum Gasteiger partial charge on any atom is -0.299 e. The number of benzene rings is 1. The number of hydrogen-bond donors (Lipinski definition) is 0. The van der Waals surface area contributed by atoms with Gasteiger partial charge in [0, 0.05) is 11.8 Å². The largest absolute Gasteiger partial charge is 0.299 e. The van der Waals surface area contributed by atoms with Crippen molar-refractivity contribution in [2.45, 2.75) is 58.3 Å². The Kier molecular flexibility index (Phi) is 5.18. The summed E-state index contributed by atoms with van der Waals surface area (Å²) in [7, 11) is 0. The second-order valence-electron chi connectivity index (χ2n) is 5.83. The van der Waals surface area contributed by atoms with Gasteiger partial charge in [-0.05, 0) is 30.7 Å². The molecule has 3 atom stereocenters. The van der Waals surface area contributed by atoms with Crippen LogP contribution in [0.15, 0.2) is 30.3 Å². The molecule has 0 aromatic heterocycles. The van der Waals surface area contributed by atoms with E-state index in [-0.39, 0.29) is 5.92 Å². The van der Waals surface area contributed by atoms with Gasteiger partial charge in [0.05, 0.1) is 0 Å². The molecular weight excluding hydrogens is 232 g/mol. The number of hydrogen-bond acceptors (Lipinski definition) is 1. The van der Waals surface area contributed by atoms with Crippen LogP contribution in [0.3, 0.4) is 0 Å². The van der Waals surface area contributed by atoms with Crippen molar-refractivity contribution in [3.05, 3.63) is 35.9 Å². The van der Waals surface area contributed by atoms with E-state index in [0.717, 1.165) is 19.3 Å². The predicted molar refractivity (Wildman–Crippen MR) is 80.2 cm³/mol. The first-order valence-electron chi connectivity index (χ1n) is 7.86. The molecule has 0 spiro atoms. The first-order valence-corrected chi connectivity index (χ1v) is 7.86. The molecule has 0 heterocycles. The minimum absolute atomic E-state index is 0.110. The molecule has 104 valence electrons. The maximum absolute atomic E-state index is 12.9. The summed E-state index contributed by atoms with van der Waals surface area (Å²) in [4.78, 5) is 12.9. The fraction of sp³-hybridized carbons (Fsp3) is 0.611. The third-order valence-corrected chi connectivity index (χ3v) is 4.75. The van der Waals surface area contributed by atoms with Gasteiger partial charge in [-0.2, -0.15) is 0 Å². The highest BCUT2D eigenvalue weighted by molar-refractivity contribution is 5.88. The highest BCUT2D eigenvalue weighted by Gasteiger charge is 2.33. The van der Waals surface area contributed by atoms with Crippen molar-refractivity contribution in [3.8, 4) is 0 Å². The Morgan fingerprint density at radius 1 is 1.16 bits per heavy atom. The number of rotatable bonds is 5. The van der Waals surface area contributed by atoms with E-state index in [1.807, 2.05) is 18.2 Å². The van der Waals surface area contributed by atoms with Crippen LogP contribution >= 0.6 is 0 Å². The smallest absolute Gasteiger partial charge is 0.143 e. The summed E-state index contributed by atoms with van der Waals surface area (Å²) in [5.74, 6) is 1.54. The van der Waals surface area contributed by atoms with Gasteiger partial charge >= 0.3 is 0 Å². The van der Waals surface area contributed by atoms with E-state index in [2.05, 4.69) is 26.0 Å². The minimum atomic E-state index is 0.110. The molecule has 1 aliphatic carbocycles. The van der Waals surface area contributed by atoms with Gasteiger partial charge in [0.25, 0.3) is 0 Å². The SMILES string of the molecule is CCC(C(=O)C1CCCCC1CC)c1ccccc1. The fourth-order valence-corrected chi connectivity index (χ4v) is 3.62. The van der Waals surface area contributed by atoms with Gasteiger partial charge in [0.2, 0.25) is 0 Å². The van der Waals surface area contributed by atoms with E-state index in [9.17, 15) is 4.79 Å². The maximum atomic E-state index is 12.9. The van der Waals surface area contributed by atoms with Gasteiger partial charge < -0.3 is 0 Å². The number of carbonyl (C=O) groups excluding carboxylic acids is 1. The Morgan fingerprint density at radius 3 is 2.47 bits per heavy atom. The molecule has 0 N–H and O–H groups in total. The van der Waals surface area contributed by atoms with Crippen molar-refractivity contribution in [1.82, 2.24) is 0 Å². The number of ketones is 1. The monoisotopic (exact) mass is 258 g/mol. The van der Waals surface area contributed by atoms with Crippen molar-refractivity contribution in [1.29, 1.82) is 0 Å². The molecule has 1 nitrogen and oxygen atoms in total. The van der Waals surface area contributed by atoms with Crippen molar-refractivity contribution in [2.75, 3.05) is 0 Å². The summed E-state index contributed by atoms with van der Waals surface area (Å²) >= 11 is 0. The average Bonchev–Trinajstić information content (AvgIpc) is 2.49. The van der Waals surface area contributed by atoms with Crippen LogP contribution in [-0.2, 0) is 4.79 Å². The summed E-state index contributed by atoms with van der Waals surface area (Å²) in [6.45, 7) is 4.37. The van der Waals surface area contributed by atoms with Crippen LogP contribution in [0.5, 0.6) is 0 Å². The molecule has 1 fully saturated rings. The maximum Gasteiger partial charge on any atom is 0.143 e. The summed E-state index contributed by atoms with van der Waals surface area (Å²) in [6.07, 6.45) is 6.98. The van der Waals surface area contributed by atoms with Crippen molar-refractivity contribution in [3.63, 3.8) is 0 Å². The molecule has 19 heavy (non-hydrogen) atoms. The molecule has 0 radical (unpaired) electrons. The predicted octanol–water partition coefficient (Wildman–Crippen LogP) is 4.97. The molecule has 3 unspecified atom stereocenters. The van der Waals surface area contributed by atoms with Gasteiger partial charge in [0.1, 0.15) is 5.78 Å². The van der Waals surface area contributed by atoms with Gasteiger partial charge in [-0.3, -0.25) is 4.79 Å². The van der Waals surface area contributed by atoms with E-state index in [4.69, 9.17) is 0 Å². The van der Waals surface area contributed by atoms with Gasteiger partial charge in [-0.1, -0.05) is 63.4 Å². The number of Topliss-reactive ketones (excluding diaryl/α,β-unsaturated/α-hetero) is 1. The Morgan fingerprint density at radius 2 is 1.84 bits per heavy atom. The van der Waals surface area contributed by atoms with Gasteiger partial charge in [0.15, 0.2) is 0 Å². The van der Waals surface area contributed by atoms with Gasteiger partial charge in [-0.25, -0.2) is 0 Å². The zero-order chi connectivity index (χ0) is 13.7. The van der Waals surface area contributed by atoms with Crippen LogP contribution in [-0.4, -0.2) is 5.78 Å². The Bertz CT molecular complexity index is 395. The summed E-state index contributed by atoms with van der Waals surface area (Å²) in [6, 6.07) is 10.3. The molecule has 2 rings (SSSR count). The summed E-state index contributed by atoms with van der Waals surface area (Å²) < 4.78 is 0. The topological polar surface area (TPSA) is 17.1 Å². The van der Waals surface area contributed by atoms with E-state index >= 15 is 0 Å². The van der Waals surface area contributed by atoms with E-state index in [1.54, 1.807) is 0 Å². The molecular formula is C18H26O. The van der Waals surface area contributed by atoms with Crippen molar-refractivity contribution >= 4 is 5.78 Å². The Hall–Kier alpha value is -1.11. The van der Waals surface area contributed by atoms with Crippen LogP contribution in [0.25, 0.3) is 0 Å². The molecule has 0 saturated heterocycles. The van der Waals surface area contributed by atoms with Crippen molar-refractivity contribution in [2.24, 2.45) is 11.8 Å². The lowest BCUT2D eigenvalue weighted by Crippen LogP contribution is -2.30. The molecule has 1 saturated carbocycles. The first kappa shape index (κ1) is 14.3. The third-order valence-electron chi connectivity index (χ3n) is 4.75. The fourth-order valence-electron chi connectivity index (χ4n) is 3.62. The molecule has 1 aliphatic rings. The molecule has 1 aromatic rings. The normalized spacial score (nSPS) is 24.9. The third kappa shape index (κ3) is 3.26. The van der Waals surface area contributed by atoms with E-state index < -0.39 is 0 Å². The van der Waals surface area contributed by atoms with E-state index in [1.165, 1.54) is 24.8 Å². The van der Waals surface area contributed by atoms with Gasteiger partial charge in [-0.15, -0.1) is 0 Å². The highest BCUT2D eigenvalue weighted by atomic mass is 16.1. The molecule has 0 aliphatic heterocycles. The van der Waals surface area contributed by atoms with Crippen LogP contribution < -0.4 is 0 Å². The van der Waals surface area contributed by atoms with E-state index in [0.29, 0.717) is 17.6 Å². The van der Waals surface area contributed by atoms with Crippen LogP contribution in [0.2, 0.25) is 0 Å². The lowest BCUT2D eigenvalue weighted by atomic mass is 9.71. The highest BCUT2D eigenvalue weighted by Crippen LogP contribution is 2.37. The first-order chi connectivity index (χ1) is 9.27. The van der Waals surface area contributed by atoms with Crippen LogP contribution in [0, 0.1) is 11.8 Å². The second kappa shape index (κ2) is 6.88. The van der Waals surface area contributed by atoms with Crippen LogP contribution in [0.1, 0.15) is 63.9 Å². The molecule has 0 bridgehead atoms. The zero-order valence-corrected chi connectivity index (χ0v) is 12.3. The summed E-state index contributed by atoms with van der Waals surface area (Å²) in [5, 5.41) is 0. The zero-order valence-electron chi connectivity index (χ0n) is 12.3. The average molecular weight is 258 g/mol. The van der Waals surface area contributed by atoms with Crippen LogP contribution in [0.4, 0.5) is 0 Å². The lowest BCUT2D eigenvalue weighted by Gasteiger charge is -2.32. The Balaban J connectivity index is 2.16. The lowest BCUT2D eigenvalue weighted by molar-refractivity contribution is -0.127. The summed E-state index contributed by atoms with van der Waals surface area (Å²) in [5.41, 5.74) is 1.20. The Labute approximate surface area is 117 Å². The standard InChI is InChI=1S/C18H26O/c1-3-14-10-8-9-13-17(14)18(19)16(4-2)15-11-6-5-7-12-15/h5-7,11-12,14,16-17H,3-4,8-10,13H2,1-2H3. The molecule has 0 amide bonds. The molecule has 1 heteroatoms. The quantitative estimate of drug-likeness (QED) is 0.729.